The molecule has 1 saturated carbocycles. The lowest BCUT2D eigenvalue weighted by Gasteiger charge is -2.39. The van der Waals surface area contributed by atoms with Crippen molar-refractivity contribution in [2.45, 2.75) is 38.1 Å². The molecule has 0 unspecified atom stereocenters. The average molecular weight is 201 g/mol. The van der Waals surface area contributed by atoms with Crippen molar-refractivity contribution in [1.82, 2.24) is 5.32 Å². The molecule has 0 bridgehead atoms. The zero-order valence-corrected chi connectivity index (χ0v) is 9.47. The molecular formula is C11H23NO2. The Morgan fingerprint density at radius 1 is 1.21 bits per heavy atom. The van der Waals surface area contributed by atoms with Crippen molar-refractivity contribution in [3.8, 4) is 0 Å². The standard InChI is InChI=1S/C11H23NO2/c1-11(5-3-6-11)12-7-4-8-14-10-9-13-2/h12H,3-10H2,1-2H3. The molecule has 1 aliphatic rings. The van der Waals surface area contributed by atoms with Crippen molar-refractivity contribution in [1.29, 1.82) is 0 Å². The third-order valence-corrected chi connectivity index (χ3v) is 2.91. The van der Waals surface area contributed by atoms with Gasteiger partial charge in [0.25, 0.3) is 0 Å². The minimum atomic E-state index is 0.437. The van der Waals surface area contributed by atoms with Gasteiger partial charge in [-0.25, -0.2) is 0 Å². The number of rotatable bonds is 8. The highest BCUT2D eigenvalue weighted by Gasteiger charge is 2.30. The predicted molar refractivity (Wildman–Crippen MR) is 57.6 cm³/mol. The fourth-order valence-electron chi connectivity index (χ4n) is 1.69. The molecule has 3 heteroatoms. The smallest absolute Gasteiger partial charge is 0.0700 e. The van der Waals surface area contributed by atoms with Crippen LogP contribution in [0.15, 0.2) is 0 Å². The SMILES string of the molecule is COCCOCCCNC1(C)CCC1. The molecule has 14 heavy (non-hydrogen) atoms. The maximum atomic E-state index is 5.38. The molecule has 3 nitrogen and oxygen atoms in total. The van der Waals surface area contributed by atoms with Gasteiger partial charge in [-0.15, -0.1) is 0 Å². The number of methoxy groups -OCH3 is 1. The number of ether oxygens (including phenoxy) is 2. The normalized spacial score (nSPS) is 19.3. The van der Waals surface area contributed by atoms with Gasteiger partial charge in [0.1, 0.15) is 0 Å². The molecule has 1 N–H and O–H groups in total. The Labute approximate surface area is 87.2 Å². The minimum Gasteiger partial charge on any atom is -0.382 e. The third kappa shape index (κ3) is 4.40. The van der Waals surface area contributed by atoms with E-state index in [-0.39, 0.29) is 0 Å². The van der Waals surface area contributed by atoms with Gasteiger partial charge in [0.05, 0.1) is 13.2 Å². The molecule has 0 saturated heterocycles. The molecule has 0 aromatic carbocycles. The van der Waals surface area contributed by atoms with Crippen molar-refractivity contribution in [3.05, 3.63) is 0 Å². The molecule has 0 heterocycles. The topological polar surface area (TPSA) is 30.5 Å². The fourth-order valence-corrected chi connectivity index (χ4v) is 1.69. The quantitative estimate of drug-likeness (QED) is 0.605. The van der Waals surface area contributed by atoms with Crippen molar-refractivity contribution >= 4 is 0 Å². The Bertz CT molecular complexity index is 146. The first-order chi connectivity index (χ1) is 6.77. The summed E-state index contributed by atoms with van der Waals surface area (Å²) in [6.45, 7) is 5.64. The molecule has 0 aromatic rings. The summed E-state index contributed by atoms with van der Waals surface area (Å²) in [5, 5.41) is 3.58. The number of hydrogen-bond donors (Lipinski definition) is 1. The summed E-state index contributed by atoms with van der Waals surface area (Å²) < 4.78 is 10.3. The van der Waals surface area contributed by atoms with Gasteiger partial charge in [-0.05, 0) is 39.2 Å². The van der Waals surface area contributed by atoms with Crippen LogP contribution in [0.1, 0.15) is 32.6 Å². The molecule has 0 spiro atoms. The lowest BCUT2D eigenvalue weighted by Crippen LogP contribution is -2.48. The molecule has 1 rings (SSSR count). The maximum Gasteiger partial charge on any atom is 0.0700 e. The Morgan fingerprint density at radius 2 is 2.00 bits per heavy atom. The largest absolute Gasteiger partial charge is 0.382 e. The lowest BCUT2D eigenvalue weighted by molar-refractivity contribution is 0.0677. The second-order valence-electron chi connectivity index (χ2n) is 4.30. The van der Waals surface area contributed by atoms with E-state index in [2.05, 4.69) is 12.2 Å². The van der Waals surface area contributed by atoms with Crippen LogP contribution in [0.25, 0.3) is 0 Å². The summed E-state index contributed by atoms with van der Waals surface area (Å²) in [5.41, 5.74) is 0.437. The van der Waals surface area contributed by atoms with Gasteiger partial charge in [-0.2, -0.15) is 0 Å². The van der Waals surface area contributed by atoms with Gasteiger partial charge < -0.3 is 14.8 Å². The second-order valence-corrected chi connectivity index (χ2v) is 4.30. The Balaban J connectivity index is 1.80. The van der Waals surface area contributed by atoms with Crippen LogP contribution in [0, 0.1) is 0 Å². The Hall–Kier alpha value is -0.120. The van der Waals surface area contributed by atoms with E-state index in [1.807, 2.05) is 0 Å². The molecule has 0 atom stereocenters. The van der Waals surface area contributed by atoms with E-state index in [1.165, 1.54) is 19.3 Å². The summed E-state index contributed by atoms with van der Waals surface area (Å²) in [4.78, 5) is 0. The molecule has 0 aliphatic heterocycles. The van der Waals surface area contributed by atoms with Gasteiger partial charge in [0.2, 0.25) is 0 Å². The van der Waals surface area contributed by atoms with Crippen LogP contribution < -0.4 is 5.32 Å². The molecule has 0 amide bonds. The highest BCUT2D eigenvalue weighted by molar-refractivity contribution is 4.91. The van der Waals surface area contributed by atoms with E-state index in [0.29, 0.717) is 18.8 Å². The summed E-state index contributed by atoms with van der Waals surface area (Å²) in [6, 6.07) is 0. The van der Waals surface area contributed by atoms with Crippen LogP contribution in [0.2, 0.25) is 0 Å². The summed E-state index contributed by atoms with van der Waals surface area (Å²) >= 11 is 0. The highest BCUT2D eigenvalue weighted by atomic mass is 16.5. The zero-order chi connectivity index (χ0) is 10.3. The van der Waals surface area contributed by atoms with E-state index < -0.39 is 0 Å². The molecule has 84 valence electrons. The Kier molecular flexibility index (Phi) is 5.45. The summed E-state index contributed by atoms with van der Waals surface area (Å²) in [6.07, 6.45) is 5.14. The van der Waals surface area contributed by atoms with Crippen LogP contribution in [-0.4, -0.2) is 39.0 Å². The van der Waals surface area contributed by atoms with Crippen LogP contribution >= 0.6 is 0 Å². The van der Waals surface area contributed by atoms with Gasteiger partial charge in [-0.3, -0.25) is 0 Å². The Morgan fingerprint density at radius 3 is 2.57 bits per heavy atom. The van der Waals surface area contributed by atoms with E-state index in [9.17, 15) is 0 Å². The van der Waals surface area contributed by atoms with Gasteiger partial charge in [-0.1, -0.05) is 0 Å². The third-order valence-electron chi connectivity index (χ3n) is 2.91. The maximum absolute atomic E-state index is 5.38. The van der Waals surface area contributed by atoms with Crippen LogP contribution in [0.5, 0.6) is 0 Å². The van der Waals surface area contributed by atoms with Crippen LogP contribution in [-0.2, 0) is 9.47 Å². The predicted octanol–water partition coefficient (Wildman–Crippen LogP) is 1.57. The first-order valence-corrected chi connectivity index (χ1v) is 5.58. The zero-order valence-electron chi connectivity index (χ0n) is 9.47. The van der Waals surface area contributed by atoms with E-state index in [0.717, 1.165) is 19.6 Å². The average Bonchev–Trinajstić information content (AvgIpc) is 2.14. The van der Waals surface area contributed by atoms with E-state index in [4.69, 9.17) is 9.47 Å². The van der Waals surface area contributed by atoms with Crippen LogP contribution in [0.4, 0.5) is 0 Å². The van der Waals surface area contributed by atoms with E-state index in [1.54, 1.807) is 7.11 Å². The molecule has 1 fully saturated rings. The van der Waals surface area contributed by atoms with Crippen LogP contribution in [0.3, 0.4) is 0 Å². The summed E-state index contributed by atoms with van der Waals surface area (Å²) in [5.74, 6) is 0. The van der Waals surface area contributed by atoms with E-state index >= 15 is 0 Å². The number of nitrogens with one attached hydrogen (secondary N) is 1. The second kappa shape index (κ2) is 6.38. The first-order valence-electron chi connectivity index (χ1n) is 5.58. The first kappa shape index (κ1) is 12.0. The molecule has 0 radical (unpaired) electrons. The van der Waals surface area contributed by atoms with Gasteiger partial charge in [0, 0.05) is 19.3 Å². The van der Waals surface area contributed by atoms with Crippen molar-refractivity contribution in [3.63, 3.8) is 0 Å². The minimum absolute atomic E-state index is 0.437. The molecule has 0 aromatic heterocycles. The van der Waals surface area contributed by atoms with Gasteiger partial charge in [0.15, 0.2) is 0 Å². The number of hydrogen-bond acceptors (Lipinski definition) is 3. The van der Waals surface area contributed by atoms with Crippen molar-refractivity contribution in [2.75, 3.05) is 33.5 Å². The lowest BCUT2D eigenvalue weighted by atomic mass is 9.78. The highest BCUT2D eigenvalue weighted by Crippen LogP contribution is 2.30. The molecular weight excluding hydrogens is 178 g/mol. The van der Waals surface area contributed by atoms with Crippen molar-refractivity contribution in [2.24, 2.45) is 0 Å². The van der Waals surface area contributed by atoms with Crippen molar-refractivity contribution < 1.29 is 9.47 Å². The summed E-state index contributed by atoms with van der Waals surface area (Å²) in [7, 11) is 1.70. The van der Waals surface area contributed by atoms with Gasteiger partial charge >= 0.3 is 0 Å². The fraction of sp³-hybridized carbons (Fsp3) is 1.00. The molecule has 1 aliphatic carbocycles. The monoisotopic (exact) mass is 201 g/mol.